The molecule has 0 aliphatic carbocycles. The number of amides is 3. The van der Waals surface area contributed by atoms with Crippen molar-refractivity contribution < 1.29 is 19.1 Å². The maximum atomic E-state index is 14.9. The van der Waals surface area contributed by atoms with Gasteiger partial charge in [-0.3, -0.25) is 9.59 Å². The fourth-order valence-corrected chi connectivity index (χ4v) is 4.99. The number of carbonyl (C=O) groups is 3. The van der Waals surface area contributed by atoms with Crippen molar-refractivity contribution in [3.8, 4) is 0 Å². The first-order chi connectivity index (χ1) is 20.1. The monoisotopic (exact) mass is 585 g/mol. The Labute approximate surface area is 257 Å². The summed E-state index contributed by atoms with van der Waals surface area (Å²) in [5.74, 6) is -0.694. The molecule has 0 fully saturated rings. The molecule has 3 aromatic carbocycles. The van der Waals surface area contributed by atoms with E-state index in [1.54, 1.807) is 25.7 Å². The summed E-state index contributed by atoms with van der Waals surface area (Å²) in [4.78, 5) is 44.0. The van der Waals surface area contributed by atoms with Crippen LogP contribution in [0, 0.1) is 20.8 Å². The normalized spacial score (nSPS) is 13.0. The molecule has 3 amide bonds. The lowest BCUT2D eigenvalue weighted by Crippen LogP contribution is -2.59. The van der Waals surface area contributed by atoms with Gasteiger partial charge in [0, 0.05) is 17.6 Å². The van der Waals surface area contributed by atoms with E-state index in [-0.39, 0.29) is 18.2 Å². The zero-order valence-corrected chi connectivity index (χ0v) is 27.1. The molecule has 3 rings (SSSR count). The van der Waals surface area contributed by atoms with Crippen LogP contribution in [0.2, 0.25) is 0 Å². The van der Waals surface area contributed by atoms with E-state index in [4.69, 9.17) is 4.74 Å². The SMILES string of the molecule is CCC(C)(C)N(C(=O)C(Cc1ccccc1)NC(=O)OC(C)(C)C)C(C(=O)Nc1ccccc1C)c1cccc(C)c1C. The molecular weight excluding hydrogens is 538 g/mol. The minimum Gasteiger partial charge on any atom is -0.444 e. The maximum Gasteiger partial charge on any atom is 0.408 e. The van der Waals surface area contributed by atoms with E-state index >= 15 is 0 Å². The molecule has 2 atom stereocenters. The molecule has 0 spiro atoms. The Morgan fingerprint density at radius 2 is 1.42 bits per heavy atom. The van der Waals surface area contributed by atoms with Crippen LogP contribution in [0.5, 0.6) is 0 Å². The highest BCUT2D eigenvalue weighted by Gasteiger charge is 2.43. The molecule has 0 saturated carbocycles. The van der Waals surface area contributed by atoms with Crippen molar-refractivity contribution in [1.82, 2.24) is 10.2 Å². The number of carbonyl (C=O) groups excluding carboxylic acids is 3. The van der Waals surface area contributed by atoms with Gasteiger partial charge in [0.05, 0.1) is 0 Å². The van der Waals surface area contributed by atoms with E-state index in [1.165, 1.54) is 0 Å². The predicted molar refractivity (Wildman–Crippen MR) is 173 cm³/mol. The third-order valence-electron chi connectivity index (χ3n) is 7.88. The van der Waals surface area contributed by atoms with Crippen LogP contribution in [-0.2, 0) is 20.7 Å². The van der Waals surface area contributed by atoms with Gasteiger partial charge in [-0.05, 0) is 95.7 Å². The summed E-state index contributed by atoms with van der Waals surface area (Å²) in [6.07, 6.45) is 0.111. The Balaban J connectivity index is 2.19. The van der Waals surface area contributed by atoms with E-state index in [9.17, 15) is 14.4 Å². The molecule has 7 heteroatoms. The molecule has 0 bridgehead atoms. The van der Waals surface area contributed by atoms with Gasteiger partial charge in [0.25, 0.3) is 5.91 Å². The summed E-state index contributed by atoms with van der Waals surface area (Å²) in [6, 6.07) is 21.0. The van der Waals surface area contributed by atoms with Crippen molar-refractivity contribution in [1.29, 1.82) is 0 Å². The van der Waals surface area contributed by atoms with Crippen molar-refractivity contribution in [3.63, 3.8) is 0 Å². The Morgan fingerprint density at radius 3 is 2.02 bits per heavy atom. The molecular formula is C36H47N3O4. The van der Waals surface area contributed by atoms with Gasteiger partial charge in [0.1, 0.15) is 17.7 Å². The molecule has 0 saturated heterocycles. The van der Waals surface area contributed by atoms with Crippen LogP contribution in [-0.4, -0.2) is 40.0 Å². The van der Waals surface area contributed by atoms with E-state index < -0.39 is 29.3 Å². The molecule has 3 aromatic rings. The second kappa shape index (κ2) is 13.9. The highest BCUT2D eigenvalue weighted by Crippen LogP contribution is 2.35. The van der Waals surface area contributed by atoms with Crippen LogP contribution in [0.25, 0.3) is 0 Å². The molecule has 230 valence electrons. The zero-order valence-electron chi connectivity index (χ0n) is 27.1. The van der Waals surface area contributed by atoms with Crippen molar-refractivity contribution in [3.05, 3.63) is 101 Å². The van der Waals surface area contributed by atoms with E-state index in [0.29, 0.717) is 12.1 Å². The lowest BCUT2D eigenvalue weighted by molar-refractivity contribution is -0.147. The number of hydrogen-bond donors (Lipinski definition) is 2. The van der Waals surface area contributed by atoms with E-state index in [0.717, 1.165) is 27.8 Å². The van der Waals surface area contributed by atoms with Crippen LogP contribution < -0.4 is 10.6 Å². The van der Waals surface area contributed by atoms with Gasteiger partial charge in [0.2, 0.25) is 5.91 Å². The molecule has 0 heterocycles. The molecule has 2 unspecified atom stereocenters. The number of nitrogens with zero attached hydrogens (tertiary/aromatic N) is 1. The van der Waals surface area contributed by atoms with Gasteiger partial charge < -0.3 is 20.3 Å². The number of para-hydroxylation sites is 1. The number of anilines is 1. The summed E-state index contributed by atoms with van der Waals surface area (Å²) in [6.45, 7) is 17.1. The van der Waals surface area contributed by atoms with E-state index in [2.05, 4.69) is 10.6 Å². The van der Waals surface area contributed by atoms with Crippen LogP contribution in [0.4, 0.5) is 10.5 Å². The maximum absolute atomic E-state index is 14.9. The number of alkyl carbamates (subject to hydrolysis) is 1. The smallest absolute Gasteiger partial charge is 0.408 e. The number of hydrogen-bond acceptors (Lipinski definition) is 4. The average Bonchev–Trinajstić information content (AvgIpc) is 2.93. The standard InChI is InChI=1S/C36H47N3O4/c1-10-36(8,9)39(33(41)30(23-27-19-12-11-13-20-27)38-34(42)43-35(5,6)7)31(28-21-16-18-24(2)26(28)4)32(40)37-29-22-15-14-17-25(29)3/h11-22,30-31H,10,23H2,1-9H3,(H,37,40)(H,38,42). The first-order valence-corrected chi connectivity index (χ1v) is 14.9. The van der Waals surface area contributed by atoms with Gasteiger partial charge in [-0.25, -0.2) is 4.79 Å². The van der Waals surface area contributed by atoms with Crippen molar-refractivity contribution in [2.45, 2.75) is 98.4 Å². The van der Waals surface area contributed by atoms with Gasteiger partial charge >= 0.3 is 6.09 Å². The molecule has 43 heavy (non-hydrogen) atoms. The lowest BCUT2D eigenvalue weighted by atomic mass is 9.88. The van der Waals surface area contributed by atoms with Gasteiger partial charge in [0.15, 0.2) is 0 Å². The first-order valence-electron chi connectivity index (χ1n) is 14.9. The quantitative estimate of drug-likeness (QED) is 0.259. The van der Waals surface area contributed by atoms with Crippen molar-refractivity contribution >= 4 is 23.6 Å². The van der Waals surface area contributed by atoms with Crippen molar-refractivity contribution in [2.75, 3.05) is 5.32 Å². The molecule has 0 aliphatic rings. The summed E-state index contributed by atoms with van der Waals surface area (Å²) in [5.41, 5.74) is 3.63. The summed E-state index contributed by atoms with van der Waals surface area (Å²) in [7, 11) is 0. The van der Waals surface area contributed by atoms with Crippen LogP contribution in [0.3, 0.4) is 0 Å². The number of rotatable bonds is 10. The Morgan fingerprint density at radius 1 is 0.814 bits per heavy atom. The van der Waals surface area contributed by atoms with Gasteiger partial charge in [-0.1, -0.05) is 73.7 Å². The number of ether oxygens (including phenoxy) is 1. The van der Waals surface area contributed by atoms with Crippen LogP contribution in [0.15, 0.2) is 72.8 Å². The molecule has 0 aliphatic heterocycles. The third kappa shape index (κ3) is 8.69. The number of aryl methyl sites for hydroxylation is 2. The highest BCUT2D eigenvalue weighted by atomic mass is 16.6. The Bertz CT molecular complexity index is 1430. The van der Waals surface area contributed by atoms with Crippen molar-refractivity contribution in [2.24, 2.45) is 0 Å². The van der Waals surface area contributed by atoms with Gasteiger partial charge in [-0.15, -0.1) is 0 Å². The second-order valence-corrected chi connectivity index (χ2v) is 12.8. The minimum atomic E-state index is -0.984. The number of nitrogens with one attached hydrogen (secondary N) is 2. The zero-order chi connectivity index (χ0) is 31.9. The Kier molecular flexibility index (Phi) is 10.8. The summed E-state index contributed by atoms with van der Waals surface area (Å²) in [5, 5.41) is 5.95. The largest absolute Gasteiger partial charge is 0.444 e. The highest BCUT2D eigenvalue weighted by molar-refractivity contribution is 6.00. The molecule has 2 N–H and O–H groups in total. The lowest BCUT2D eigenvalue weighted by Gasteiger charge is -2.45. The van der Waals surface area contributed by atoms with Crippen LogP contribution in [0.1, 0.15) is 81.8 Å². The minimum absolute atomic E-state index is 0.230. The fourth-order valence-electron chi connectivity index (χ4n) is 4.99. The summed E-state index contributed by atoms with van der Waals surface area (Å²) >= 11 is 0. The average molecular weight is 586 g/mol. The topological polar surface area (TPSA) is 87.7 Å². The molecule has 0 aromatic heterocycles. The third-order valence-corrected chi connectivity index (χ3v) is 7.88. The van der Waals surface area contributed by atoms with E-state index in [1.807, 2.05) is 114 Å². The van der Waals surface area contributed by atoms with Crippen LogP contribution >= 0.6 is 0 Å². The molecule has 0 radical (unpaired) electrons. The summed E-state index contributed by atoms with van der Waals surface area (Å²) < 4.78 is 5.57. The fraction of sp³-hybridized carbons (Fsp3) is 0.417. The second-order valence-electron chi connectivity index (χ2n) is 12.8. The predicted octanol–water partition coefficient (Wildman–Crippen LogP) is 7.44. The Hall–Kier alpha value is -4.13. The first kappa shape index (κ1) is 33.4. The number of benzene rings is 3. The molecule has 7 nitrogen and oxygen atoms in total. The van der Waals surface area contributed by atoms with Gasteiger partial charge in [-0.2, -0.15) is 0 Å².